The van der Waals surface area contributed by atoms with Crippen LogP contribution in [0.1, 0.15) is 57.4 Å². The highest BCUT2D eigenvalue weighted by Crippen LogP contribution is 2.34. The molecular weight excluding hydrogens is 508 g/mol. The number of aliphatic carboxylic acids is 1. The molecule has 1 N–H and O–H groups in total. The maximum atomic E-state index is 13.7. The fourth-order valence-corrected chi connectivity index (χ4v) is 5.64. The molecule has 3 rings (SSSR count). The summed E-state index contributed by atoms with van der Waals surface area (Å²) in [5, 5.41) is 10.1. The van der Waals surface area contributed by atoms with Gasteiger partial charge in [0.2, 0.25) is 0 Å². The van der Waals surface area contributed by atoms with Crippen molar-refractivity contribution in [1.29, 1.82) is 0 Å². The minimum atomic E-state index is -1.72. The summed E-state index contributed by atoms with van der Waals surface area (Å²) in [5.74, 6) is -1.26. The molecule has 33 heavy (non-hydrogen) atoms. The molecule has 0 radical (unpaired) electrons. The Bertz CT molecular complexity index is 1320. The number of carboxylic acids is 1. The Morgan fingerprint density at radius 2 is 1.88 bits per heavy atom. The number of benzene rings is 1. The van der Waals surface area contributed by atoms with Gasteiger partial charge in [-0.15, -0.1) is 11.3 Å². The largest absolute Gasteiger partial charge is 0.480 e. The van der Waals surface area contributed by atoms with Crippen LogP contribution in [0.25, 0.3) is 10.2 Å². The molecule has 0 saturated carbocycles. The standard InChI is InChI=1S/C24H29BrN2O5S/c1-7-15-10-8-9-11-16(15)17(32-13(2)3)12-26-21-18(14(4)19(25)33-21)20(28)27(23(26)31)24(5,6)22(29)30/h8-11,13,17H,7,12H2,1-6H3,(H,29,30)/t17-/m0/s1. The zero-order valence-electron chi connectivity index (χ0n) is 19.6. The van der Waals surface area contributed by atoms with E-state index < -0.39 is 28.9 Å². The number of carboxylic acid groups (broad SMARTS) is 1. The normalized spacial score (nSPS) is 13.1. The second-order valence-electron chi connectivity index (χ2n) is 8.80. The van der Waals surface area contributed by atoms with E-state index in [-0.39, 0.29) is 12.6 Å². The van der Waals surface area contributed by atoms with Crippen molar-refractivity contribution in [2.45, 2.75) is 72.3 Å². The molecule has 1 atom stereocenters. The number of rotatable bonds is 8. The minimum absolute atomic E-state index is 0.107. The first kappa shape index (κ1) is 25.4. The van der Waals surface area contributed by atoms with Crippen molar-refractivity contribution in [2.75, 3.05) is 0 Å². The Hall–Kier alpha value is -2.23. The van der Waals surface area contributed by atoms with Crippen LogP contribution in [-0.2, 0) is 28.0 Å². The number of aromatic nitrogens is 2. The van der Waals surface area contributed by atoms with Crippen LogP contribution in [0.3, 0.4) is 0 Å². The van der Waals surface area contributed by atoms with Gasteiger partial charge in [-0.1, -0.05) is 31.2 Å². The molecule has 7 nitrogen and oxygen atoms in total. The highest BCUT2D eigenvalue weighted by atomic mass is 79.9. The molecule has 0 bridgehead atoms. The summed E-state index contributed by atoms with van der Waals surface area (Å²) in [5.41, 5.74) is -0.236. The van der Waals surface area contributed by atoms with Crippen molar-refractivity contribution < 1.29 is 14.6 Å². The van der Waals surface area contributed by atoms with Crippen molar-refractivity contribution >= 4 is 43.5 Å². The number of aryl methyl sites for hydroxylation is 2. The smallest absolute Gasteiger partial charge is 0.333 e. The van der Waals surface area contributed by atoms with Gasteiger partial charge in [0.15, 0.2) is 0 Å². The lowest BCUT2D eigenvalue weighted by Crippen LogP contribution is -2.52. The molecule has 9 heteroatoms. The highest BCUT2D eigenvalue weighted by molar-refractivity contribution is 9.11. The fourth-order valence-electron chi connectivity index (χ4n) is 3.95. The van der Waals surface area contributed by atoms with Crippen LogP contribution in [0.5, 0.6) is 0 Å². The van der Waals surface area contributed by atoms with Gasteiger partial charge < -0.3 is 9.84 Å². The maximum Gasteiger partial charge on any atom is 0.333 e. The summed E-state index contributed by atoms with van der Waals surface area (Å²) >= 11 is 4.78. The van der Waals surface area contributed by atoms with Gasteiger partial charge in [-0.3, -0.25) is 9.36 Å². The fraction of sp³-hybridized carbons (Fsp3) is 0.458. The second-order valence-corrected chi connectivity index (χ2v) is 11.1. The van der Waals surface area contributed by atoms with E-state index in [0.29, 0.717) is 15.8 Å². The van der Waals surface area contributed by atoms with Gasteiger partial charge in [-0.2, -0.15) is 0 Å². The lowest BCUT2D eigenvalue weighted by atomic mass is 10.00. The summed E-state index contributed by atoms with van der Waals surface area (Å²) in [6.07, 6.45) is 0.236. The summed E-state index contributed by atoms with van der Waals surface area (Å²) in [6.45, 7) is 10.6. The Balaban J connectivity index is 2.35. The van der Waals surface area contributed by atoms with Gasteiger partial charge in [-0.05, 0) is 73.7 Å². The zero-order chi connectivity index (χ0) is 24.7. The van der Waals surface area contributed by atoms with E-state index >= 15 is 0 Å². The van der Waals surface area contributed by atoms with Crippen LogP contribution in [0, 0.1) is 6.92 Å². The zero-order valence-corrected chi connectivity index (χ0v) is 22.0. The molecule has 0 aliphatic carbocycles. The quantitative estimate of drug-likeness (QED) is 0.444. The molecule has 0 fully saturated rings. The molecule has 3 aromatic rings. The third kappa shape index (κ3) is 4.58. The molecule has 0 amide bonds. The maximum absolute atomic E-state index is 13.7. The predicted octanol–water partition coefficient (Wildman–Crippen LogP) is 4.84. The molecule has 178 valence electrons. The van der Waals surface area contributed by atoms with Crippen molar-refractivity contribution in [1.82, 2.24) is 9.13 Å². The Morgan fingerprint density at radius 1 is 1.24 bits per heavy atom. The van der Waals surface area contributed by atoms with E-state index in [0.717, 1.165) is 25.9 Å². The number of thiophene rings is 1. The number of halogens is 1. The molecule has 2 aromatic heterocycles. The predicted molar refractivity (Wildman–Crippen MR) is 135 cm³/mol. The molecule has 0 aliphatic heterocycles. The number of fused-ring (bicyclic) bond motifs is 1. The van der Waals surface area contributed by atoms with Gasteiger partial charge in [-0.25, -0.2) is 14.2 Å². The van der Waals surface area contributed by atoms with Gasteiger partial charge in [0.05, 0.1) is 21.8 Å². The van der Waals surface area contributed by atoms with Crippen LogP contribution in [0.2, 0.25) is 0 Å². The first-order valence-electron chi connectivity index (χ1n) is 10.8. The Kier molecular flexibility index (Phi) is 7.36. The van der Waals surface area contributed by atoms with Gasteiger partial charge in [0.25, 0.3) is 5.56 Å². The molecular formula is C24H29BrN2O5S. The highest BCUT2D eigenvalue weighted by Gasteiger charge is 2.35. The lowest BCUT2D eigenvalue weighted by molar-refractivity contribution is -0.146. The average Bonchev–Trinajstić information content (AvgIpc) is 3.04. The van der Waals surface area contributed by atoms with Gasteiger partial charge in [0, 0.05) is 0 Å². The summed E-state index contributed by atoms with van der Waals surface area (Å²) in [7, 11) is 0. The molecule has 0 spiro atoms. The van der Waals surface area contributed by atoms with E-state index in [9.17, 15) is 19.5 Å². The van der Waals surface area contributed by atoms with Crippen molar-refractivity contribution in [3.05, 3.63) is 65.6 Å². The molecule has 1 aromatic carbocycles. The third-order valence-corrected chi connectivity index (χ3v) is 7.99. The topological polar surface area (TPSA) is 90.5 Å². The first-order chi connectivity index (χ1) is 15.4. The van der Waals surface area contributed by atoms with Crippen LogP contribution < -0.4 is 11.2 Å². The van der Waals surface area contributed by atoms with E-state index in [4.69, 9.17) is 4.74 Å². The van der Waals surface area contributed by atoms with E-state index in [1.165, 1.54) is 29.8 Å². The third-order valence-electron chi connectivity index (χ3n) is 5.80. The van der Waals surface area contributed by atoms with Crippen molar-refractivity contribution in [3.63, 3.8) is 0 Å². The summed E-state index contributed by atoms with van der Waals surface area (Å²) in [6, 6.07) is 7.92. The van der Waals surface area contributed by atoms with Crippen molar-refractivity contribution in [2.24, 2.45) is 0 Å². The summed E-state index contributed by atoms with van der Waals surface area (Å²) < 4.78 is 9.32. The second kappa shape index (κ2) is 9.56. The van der Waals surface area contributed by atoms with E-state index in [2.05, 4.69) is 22.9 Å². The van der Waals surface area contributed by atoms with Crippen molar-refractivity contribution in [3.8, 4) is 0 Å². The summed E-state index contributed by atoms with van der Waals surface area (Å²) in [4.78, 5) is 39.5. The minimum Gasteiger partial charge on any atom is -0.480 e. The average molecular weight is 537 g/mol. The Labute approximate surface area is 204 Å². The lowest BCUT2D eigenvalue weighted by Gasteiger charge is -2.27. The van der Waals surface area contributed by atoms with Crippen LogP contribution >= 0.6 is 27.3 Å². The van der Waals surface area contributed by atoms with Crippen LogP contribution in [0.4, 0.5) is 0 Å². The monoisotopic (exact) mass is 536 g/mol. The SMILES string of the molecule is CCc1ccccc1[C@H](Cn1c(=O)n(C(C)(C)C(=O)O)c(=O)c2c(C)c(Br)sc21)OC(C)C. The first-order valence-corrected chi connectivity index (χ1v) is 12.4. The van der Waals surface area contributed by atoms with Gasteiger partial charge in [0.1, 0.15) is 16.5 Å². The number of carbonyl (C=O) groups is 1. The number of hydrogen-bond donors (Lipinski definition) is 1. The van der Waals surface area contributed by atoms with Gasteiger partial charge >= 0.3 is 11.7 Å². The van der Waals surface area contributed by atoms with E-state index in [1.807, 2.05) is 38.1 Å². The number of nitrogens with zero attached hydrogens (tertiary/aromatic N) is 2. The number of ether oxygens (including phenoxy) is 1. The molecule has 0 aliphatic rings. The van der Waals surface area contributed by atoms with Crippen LogP contribution in [-0.4, -0.2) is 26.3 Å². The van der Waals surface area contributed by atoms with Crippen LogP contribution in [0.15, 0.2) is 37.6 Å². The molecule has 2 heterocycles. The molecule has 0 unspecified atom stereocenters. The number of hydrogen-bond acceptors (Lipinski definition) is 5. The molecule has 0 saturated heterocycles. The van der Waals surface area contributed by atoms with E-state index in [1.54, 1.807) is 6.92 Å². The Morgan fingerprint density at radius 3 is 2.45 bits per heavy atom.